The van der Waals surface area contributed by atoms with Gasteiger partial charge in [0.05, 0.1) is 44.7 Å². The van der Waals surface area contributed by atoms with Gasteiger partial charge in [0.25, 0.3) is 0 Å². The molecule has 0 radical (unpaired) electrons. The Kier molecular flexibility index (Phi) is 6.53. The van der Waals surface area contributed by atoms with E-state index >= 15 is 0 Å². The Balaban J connectivity index is 1.10. The minimum Gasteiger partial charge on any atom is -0.333 e. The summed E-state index contributed by atoms with van der Waals surface area (Å²) in [6.07, 6.45) is 9.96. The molecule has 0 saturated heterocycles. The van der Waals surface area contributed by atoms with Gasteiger partial charge < -0.3 is 18.3 Å². The first-order chi connectivity index (χ1) is 28.8. The maximum Gasteiger partial charge on any atom is 0.0641 e. The second kappa shape index (κ2) is 12.0. The van der Waals surface area contributed by atoms with E-state index in [0.717, 1.165) is 23.5 Å². The van der Waals surface area contributed by atoms with Crippen molar-refractivity contribution in [2.45, 2.75) is 12.5 Å². The largest absolute Gasteiger partial charge is 0.333 e. The van der Waals surface area contributed by atoms with E-state index in [2.05, 4.69) is 218 Å². The standard InChI is InChI=1S/C54H36N4/c1-3-16-35(17-4-1)55-49-29-14-10-25-43(49)53-50(55)31-30-42-39-22-7-13-28-48(39)58(54(42)53)38-21-15-20-37(32-38)57-47-27-12-9-24-41(47)45-33-51-44(34-52(45)57)40-23-8-11-26-46(40)56(51)36-18-5-2-6-19-36/h1-18,20-34,36H,19H2. The van der Waals surface area contributed by atoms with Gasteiger partial charge in [-0.05, 0) is 79.2 Å². The third-order valence-electron chi connectivity index (χ3n) is 12.6. The SMILES string of the molecule is C1=CCC(n2c3ccccc3c3cc4c(cc32)c2ccccc2n4-c2cccc(-n3c4ccccc4c4ccc5c(c6ccccc6n5-c5ccccc5)c43)c2)C=C1. The second-order valence-electron chi connectivity index (χ2n) is 15.7. The molecule has 0 saturated carbocycles. The highest BCUT2D eigenvalue weighted by Gasteiger charge is 2.23. The van der Waals surface area contributed by atoms with E-state index in [1.54, 1.807) is 0 Å². The van der Waals surface area contributed by atoms with Crippen molar-refractivity contribution >= 4 is 87.2 Å². The predicted octanol–water partition coefficient (Wildman–Crippen LogP) is 14.1. The van der Waals surface area contributed by atoms with Crippen LogP contribution in [0.3, 0.4) is 0 Å². The number of benzene rings is 8. The van der Waals surface area contributed by atoms with Crippen molar-refractivity contribution in [2.24, 2.45) is 0 Å². The lowest BCUT2D eigenvalue weighted by Crippen LogP contribution is -2.06. The lowest BCUT2D eigenvalue weighted by atomic mass is 10.1. The van der Waals surface area contributed by atoms with Crippen LogP contribution in [0.1, 0.15) is 12.5 Å². The monoisotopic (exact) mass is 740 g/mol. The van der Waals surface area contributed by atoms with Crippen LogP contribution >= 0.6 is 0 Å². The Morgan fingerprint density at radius 2 is 0.897 bits per heavy atom. The molecule has 0 aliphatic heterocycles. The topological polar surface area (TPSA) is 19.7 Å². The van der Waals surface area contributed by atoms with Gasteiger partial charge in [-0.3, -0.25) is 0 Å². The molecule has 4 heteroatoms. The number of nitrogens with zero attached hydrogens (tertiary/aromatic N) is 4. The van der Waals surface area contributed by atoms with E-state index in [4.69, 9.17) is 0 Å². The quantitative estimate of drug-likeness (QED) is 0.171. The van der Waals surface area contributed by atoms with Crippen LogP contribution in [-0.4, -0.2) is 18.3 Å². The zero-order chi connectivity index (χ0) is 37.9. The maximum absolute atomic E-state index is 2.55. The highest BCUT2D eigenvalue weighted by molar-refractivity contribution is 6.26. The summed E-state index contributed by atoms with van der Waals surface area (Å²) in [4.78, 5) is 0. The fraction of sp³-hybridized carbons (Fsp3) is 0.0370. The maximum atomic E-state index is 2.55. The average Bonchev–Trinajstić information content (AvgIpc) is 4.01. The van der Waals surface area contributed by atoms with Crippen molar-refractivity contribution in [3.05, 3.63) is 200 Å². The first kappa shape index (κ1) is 31.6. The highest BCUT2D eigenvalue weighted by atomic mass is 15.0. The van der Waals surface area contributed by atoms with Gasteiger partial charge in [-0.15, -0.1) is 0 Å². The molecule has 0 amide bonds. The van der Waals surface area contributed by atoms with E-state index in [-0.39, 0.29) is 6.04 Å². The van der Waals surface area contributed by atoms with Gasteiger partial charge in [-0.25, -0.2) is 0 Å². The number of allylic oxidation sites excluding steroid dienone is 4. The van der Waals surface area contributed by atoms with E-state index in [1.807, 2.05) is 0 Å². The van der Waals surface area contributed by atoms with Crippen LogP contribution in [0.5, 0.6) is 0 Å². The van der Waals surface area contributed by atoms with Crippen LogP contribution in [0, 0.1) is 0 Å². The average molecular weight is 741 g/mol. The molecule has 4 aromatic heterocycles. The van der Waals surface area contributed by atoms with Gasteiger partial charge in [0.15, 0.2) is 0 Å². The van der Waals surface area contributed by atoms with Crippen LogP contribution < -0.4 is 0 Å². The Labute approximate surface area is 334 Å². The second-order valence-corrected chi connectivity index (χ2v) is 15.7. The van der Waals surface area contributed by atoms with E-state index < -0.39 is 0 Å². The summed E-state index contributed by atoms with van der Waals surface area (Å²) in [6, 6.07) is 65.3. The number of fused-ring (bicyclic) bond motifs is 13. The summed E-state index contributed by atoms with van der Waals surface area (Å²) in [5, 5.41) is 10.1. The molecule has 272 valence electrons. The van der Waals surface area contributed by atoms with Crippen molar-refractivity contribution in [2.75, 3.05) is 0 Å². The molecule has 0 N–H and O–H groups in total. The summed E-state index contributed by atoms with van der Waals surface area (Å²) in [7, 11) is 0. The molecule has 1 unspecified atom stereocenters. The lowest BCUT2D eigenvalue weighted by molar-refractivity contribution is 0.648. The van der Waals surface area contributed by atoms with Crippen LogP contribution in [0.25, 0.3) is 104 Å². The van der Waals surface area contributed by atoms with Gasteiger partial charge in [-0.1, -0.05) is 127 Å². The number of hydrogen-bond donors (Lipinski definition) is 0. The Bertz CT molecular complexity index is 3710. The molecule has 0 fully saturated rings. The molecule has 58 heavy (non-hydrogen) atoms. The molecule has 1 aliphatic rings. The minimum absolute atomic E-state index is 0.272. The van der Waals surface area contributed by atoms with Crippen LogP contribution in [-0.2, 0) is 0 Å². The molecule has 4 nitrogen and oxygen atoms in total. The van der Waals surface area contributed by atoms with Gasteiger partial charge >= 0.3 is 0 Å². The van der Waals surface area contributed by atoms with E-state index in [0.29, 0.717) is 0 Å². The van der Waals surface area contributed by atoms with Gasteiger partial charge in [-0.2, -0.15) is 0 Å². The van der Waals surface area contributed by atoms with Crippen molar-refractivity contribution < 1.29 is 0 Å². The van der Waals surface area contributed by atoms with Gasteiger partial charge in [0, 0.05) is 65.7 Å². The fourth-order valence-electron chi connectivity index (χ4n) is 10.3. The summed E-state index contributed by atoms with van der Waals surface area (Å²) in [5.74, 6) is 0. The first-order valence-electron chi connectivity index (χ1n) is 20.2. The minimum atomic E-state index is 0.272. The summed E-state index contributed by atoms with van der Waals surface area (Å²) < 4.78 is 9.95. The predicted molar refractivity (Wildman–Crippen MR) is 244 cm³/mol. The van der Waals surface area contributed by atoms with Crippen LogP contribution in [0.15, 0.2) is 200 Å². The smallest absolute Gasteiger partial charge is 0.0641 e. The van der Waals surface area contributed by atoms with Gasteiger partial charge in [0.1, 0.15) is 0 Å². The normalized spacial score (nSPS) is 14.5. The van der Waals surface area contributed by atoms with Gasteiger partial charge in [0.2, 0.25) is 0 Å². The number of para-hydroxylation sites is 5. The van der Waals surface area contributed by atoms with E-state index in [1.165, 1.54) is 87.2 Å². The Hall–Kier alpha value is -7.56. The molecule has 0 bridgehead atoms. The van der Waals surface area contributed by atoms with Crippen molar-refractivity contribution in [3.8, 4) is 17.1 Å². The summed E-state index contributed by atoms with van der Waals surface area (Å²) in [6.45, 7) is 0. The summed E-state index contributed by atoms with van der Waals surface area (Å²) in [5.41, 5.74) is 13.2. The number of rotatable bonds is 4. The van der Waals surface area contributed by atoms with E-state index in [9.17, 15) is 0 Å². The fourth-order valence-corrected chi connectivity index (χ4v) is 10.3. The molecule has 12 aromatic rings. The zero-order valence-corrected chi connectivity index (χ0v) is 31.6. The highest BCUT2D eigenvalue weighted by Crippen LogP contribution is 2.44. The van der Waals surface area contributed by atoms with Crippen molar-refractivity contribution in [1.82, 2.24) is 18.3 Å². The third kappa shape index (κ3) is 4.29. The Morgan fingerprint density at radius 3 is 1.64 bits per heavy atom. The summed E-state index contributed by atoms with van der Waals surface area (Å²) >= 11 is 0. The third-order valence-corrected chi connectivity index (χ3v) is 12.6. The molecule has 1 aliphatic carbocycles. The molecule has 4 heterocycles. The van der Waals surface area contributed by atoms with Crippen LogP contribution in [0.2, 0.25) is 0 Å². The molecular formula is C54H36N4. The number of aromatic nitrogens is 4. The lowest BCUT2D eigenvalue weighted by Gasteiger charge is -2.18. The first-order valence-corrected chi connectivity index (χ1v) is 20.2. The molecule has 8 aromatic carbocycles. The number of hydrogen-bond acceptors (Lipinski definition) is 0. The van der Waals surface area contributed by atoms with Crippen LogP contribution in [0.4, 0.5) is 0 Å². The molecule has 1 atom stereocenters. The molecule has 13 rings (SSSR count). The van der Waals surface area contributed by atoms with Crippen molar-refractivity contribution in [1.29, 1.82) is 0 Å². The molecule has 0 spiro atoms. The Morgan fingerprint density at radius 1 is 0.345 bits per heavy atom. The molecular weight excluding hydrogens is 705 g/mol. The zero-order valence-electron chi connectivity index (χ0n) is 31.6. The van der Waals surface area contributed by atoms with Crippen molar-refractivity contribution in [3.63, 3.8) is 0 Å².